The summed E-state index contributed by atoms with van der Waals surface area (Å²) in [4.78, 5) is 39.4. The van der Waals surface area contributed by atoms with Gasteiger partial charge in [0.1, 0.15) is 16.3 Å². The predicted molar refractivity (Wildman–Crippen MR) is 90.8 cm³/mol. The van der Waals surface area contributed by atoms with E-state index >= 15 is 0 Å². The molecule has 3 aromatic rings. The van der Waals surface area contributed by atoms with Crippen LogP contribution in [0.5, 0.6) is 0 Å². The Bertz CT molecular complexity index is 904. The fraction of sp³-hybridized carbons (Fsp3) is 0.188. The Morgan fingerprint density at radius 3 is 2.88 bits per heavy atom. The number of aromatic nitrogens is 4. The first-order chi connectivity index (χ1) is 11.7. The zero-order valence-corrected chi connectivity index (χ0v) is 13.8. The van der Waals surface area contributed by atoms with E-state index in [0.29, 0.717) is 11.5 Å². The third kappa shape index (κ3) is 3.54. The van der Waals surface area contributed by atoms with E-state index in [4.69, 9.17) is 0 Å². The second kappa shape index (κ2) is 7.14. The molecule has 1 amide bonds. The van der Waals surface area contributed by atoms with Crippen molar-refractivity contribution in [1.29, 1.82) is 0 Å². The normalized spacial score (nSPS) is 10.5. The van der Waals surface area contributed by atoms with Crippen molar-refractivity contribution in [2.75, 3.05) is 0 Å². The monoisotopic (exact) mass is 341 g/mol. The SMILES string of the molecule is CCc1csc(CNC(=O)c2cnc(-c3ccccn3)[nH]c2=O)n1. The predicted octanol–water partition coefficient (Wildman–Crippen LogP) is 1.78. The Morgan fingerprint density at radius 2 is 2.21 bits per heavy atom. The van der Waals surface area contributed by atoms with Gasteiger partial charge in [0.15, 0.2) is 5.82 Å². The van der Waals surface area contributed by atoms with Gasteiger partial charge < -0.3 is 10.3 Å². The van der Waals surface area contributed by atoms with Crippen molar-refractivity contribution >= 4 is 17.2 Å². The van der Waals surface area contributed by atoms with E-state index in [-0.39, 0.29) is 12.1 Å². The maximum atomic E-state index is 12.2. The van der Waals surface area contributed by atoms with Crippen molar-refractivity contribution in [2.24, 2.45) is 0 Å². The van der Waals surface area contributed by atoms with Gasteiger partial charge in [0.25, 0.3) is 11.5 Å². The number of amides is 1. The summed E-state index contributed by atoms with van der Waals surface area (Å²) in [6.45, 7) is 2.30. The molecule has 3 heterocycles. The Kier molecular flexibility index (Phi) is 4.76. The van der Waals surface area contributed by atoms with Crippen LogP contribution >= 0.6 is 11.3 Å². The van der Waals surface area contributed by atoms with Crippen molar-refractivity contribution in [3.05, 3.63) is 62.6 Å². The number of carbonyl (C=O) groups excluding carboxylic acids is 1. The molecule has 0 saturated heterocycles. The number of hydrogen-bond donors (Lipinski definition) is 2. The lowest BCUT2D eigenvalue weighted by molar-refractivity contribution is 0.0949. The van der Waals surface area contributed by atoms with E-state index in [1.165, 1.54) is 17.5 Å². The third-order valence-corrected chi connectivity index (χ3v) is 4.21. The molecule has 2 N–H and O–H groups in total. The van der Waals surface area contributed by atoms with Gasteiger partial charge in [-0.2, -0.15) is 0 Å². The van der Waals surface area contributed by atoms with Gasteiger partial charge in [-0.1, -0.05) is 13.0 Å². The molecular weight excluding hydrogens is 326 g/mol. The molecule has 0 unspecified atom stereocenters. The summed E-state index contributed by atoms with van der Waals surface area (Å²) < 4.78 is 0. The Balaban J connectivity index is 1.72. The molecule has 0 radical (unpaired) electrons. The molecule has 0 bridgehead atoms. The van der Waals surface area contributed by atoms with E-state index in [0.717, 1.165) is 17.1 Å². The van der Waals surface area contributed by atoms with E-state index in [9.17, 15) is 9.59 Å². The highest BCUT2D eigenvalue weighted by molar-refractivity contribution is 7.09. The number of nitrogens with one attached hydrogen (secondary N) is 2. The molecule has 3 aromatic heterocycles. The summed E-state index contributed by atoms with van der Waals surface area (Å²) in [7, 11) is 0. The quantitative estimate of drug-likeness (QED) is 0.737. The second-order valence-electron chi connectivity index (χ2n) is 4.96. The minimum absolute atomic E-state index is 0.0399. The van der Waals surface area contributed by atoms with Gasteiger partial charge >= 0.3 is 0 Å². The van der Waals surface area contributed by atoms with Crippen LogP contribution in [0.1, 0.15) is 28.0 Å². The summed E-state index contributed by atoms with van der Waals surface area (Å²) >= 11 is 1.48. The molecule has 0 aliphatic heterocycles. The van der Waals surface area contributed by atoms with Gasteiger partial charge in [-0.25, -0.2) is 9.97 Å². The molecule has 8 heteroatoms. The van der Waals surface area contributed by atoms with Gasteiger partial charge in [0, 0.05) is 17.8 Å². The molecule has 122 valence electrons. The molecule has 7 nitrogen and oxygen atoms in total. The lowest BCUT2D eigenvalue weighted by Crippen LogP contribution is -2.29. The molecule has 0 aliphatic rings. The van der Waals surface area contributed by atoms with Gasteiger partial charge in [-0.3, -0.25) is 14.6 Å². The lowest BCUT2D eigenvalue weighted by Gasteiger charge is -2.04. The van der Waals surface area contributed by atoms with E-state index in [2.05, 4.69) is 25.3 Å². The van der Waals surface area contributed by atoms with Crippen LogP contribution in [-0.2, 0) is 13.0 Å². The first kappa shape index (κ1) is 16.0. The van der Waals surface area contributed by atoms with Crippen molar-refractivity contribution < 1.29 is 4.79 Å². The average Bonchev–Trinajstić information content (AvgIpc) is 3.08. The highest BCUT2D eigenvalue weighted by atomic mass is 32.1. The molecule has 0 spiro atoms. The fourth-order valence-corrected chi connectivity index (χ4v) is 2.85. The standard InChI is InChI=1S/C16H15N5O2S/c1-2-10-9-24-13(20-10)8-19-15(22)11-7-18-14(21-16(11)23)12-5-3-4-6-17-12/h3-7,9H,2,8H2,1H3,(H,19,22)(H,18,21,23). The zero-order chi connectivity index (χ0) is 16.9. The first-order valence-electron chi connectivity index (χ1n) is 7.39. The lowest BCUT2D eigenvalue weighted by atomic mass is 10.3. The third-order valence-electron chi connectivity index (χ3n) is 3.31. The van der Waals surface area contributed by atoms with Gasteiger partial charge in [0.2, 0.25) is 0 Å². The Labute approximate surface area is 141 Å². The van der Waals surface area contributed by atoms with Gasteiger partial charge in [-0.15, -0.1) is 11.3 Å². The number of hydrogen-bond acceptors (Lipinski definition) is 6. The molecule has 24 heavy (non-hydrogen) atoms. The number of nitrogens with zero attached hydrogens (tertiary/aromatic N) is 3. The van der Waals surface area contributed by atoms with Crippen LogP contribution < -0.4 is 10.9 Å². The highest BCUT2D eigenvalue weighted by Gasteiger charge is 2.13. The number of rotatable bonds is 5. The number of aryl methyl sites for hydroxylation is 1. The molecule has 0 aromatic carbocycles. The van der Waals surface area contributed by atoms with Crippen LogP contribution in [0.3, 0.4) is 0 Å². The van der Waals surface area contributed by atoms with Crippen molar-refractivity contribution in [1.82, 2.24) is 25.3 Å². The summed E-state index contributed by atoms with van der Waals surface area (Å²) in [5, 5.41) is 5.44. The fourth-order valence-electron chi connectivity index (χ4n) is 2.03. The van der Waals surface area contributed by atoms with Crippen LogP contribution in [0.4, 0.5) is 0 Å². The topological polar surface area (TPSA) is 101 Å². The van der Waals surface area contributed by atoms with Crippen LogP contribution in [-0.4, -0.2) is 25.8 Å². The van der Waals surface area contributed by atoms with E-state index in [1.807, 2.05) is 12.3 Å². The molecular formula is C16H15N5O2S. The number of thiazole rings is 1. The zero-order valence-electron chi connectivity index (χ0n) is 12.9. The molecule has 0 saturated carbocycles. The maximum Gasteiger partial charge on any atom is 0.264 e. The van der Waals surface area contributed by atoms with Crippen LogP contribution in [0.25, 0.3) is 11.5 Å². The summed E-state index contributed by atoms with van der Waals surface area (Å²) in [6.07, 6.45) is 3.72. The molecule has 0 atom stereocenters. The second-order valence-corrected chi connectivity index (χ2v) is 5.90. The number of carbonyl (C=O) groups is 1. The Morgan fingerprint density at radius 1 is 1.33 bits per heavy atom. The maximum absolute atomic E-state index is 12.2. The van der Waals surface area contributed by atoms with Crippen molar-refractivity contribution in [3.8, 4) is 11.5 Å². The van der Waals surface area contributed by atoms with E-state index < -0.39 is 11.5 Å². The van der Waals surface area contributed by atoms with E-state index in [1.54, 1.807) is 24.4 Å². The van der Waals surface area contributed by atoms with Crippen molar-refractivity contribution in [3.63, 3.8) is 0 Å². The smallest absolute Gasteiger partial charge is 0.264 e. The minimum Gasteiger partial charge on any atom is -0.345 e. The summed E-state index contributed by atoms with van der Waals surface area (Å²) in [6, 6.07) is 5.29. The number of aromatic amines is 1. The molecule has 3 rings (SSSR count). The Hall–Kier alpha value is -2.87. The van der Waals surface area contributed by atoms with Crippen LogP contribution in [0, 0.1) is 0 Å². The highest BCUT2D eigenvalue weighted by Crippen LogP contribution is 2.10. The number of pyridine rings is 1. The van der Waals surface area contributed by atoms with Gasteiger partial charge in [0.05, 0.1) is 12.2 Å². The number of H-pyrrole nitrogens is 1. The largest absolute Gasteiger partial charge is 0.345 e. The average molecular weight is 341 g/mol. The molecule has 0 aliphatic carbocycles. The van der Waals surface area contributed by atoms with Crippen molar-refractivity contribution in [2.45, 2.75) is 19.9 Å². The minimum atomic E-state index is -0.503. The van der Waals surface area contributed by atoms with Crippen LogP contribution in [0.2, 0.25) is 0 Å². The van der Waals surface area contributed by atoms with Crippen LogP contribution in [0.15, 0.2) is 40.8 Å². The molecule has 0 fully saturated rings. The summed E-state index contributed by atoms with van der Waals surface area (Å²) in [5.74, 6) is -0.158. The summed E-state index contributed by atoms with van der Waals surface area (Å²) in [5.41, 5.74) is 0.985. The first-order valence-corrected chi connectivity index (χ1v) is 8.27. The van der Waals surface area contributed by atoms with Gasteiger partial charge in [-0.05, 0) is 18.6 Å².